The number of methoxy groups -OCH3 is 1. The van der Waals surface area contributed by atoms with Crippen LogP contribution < -0.4 is 9.64 Å². The van der Waals surface area contributed by atoms with E-state index in [0.717, 1.165) is 11.4 Å². The van der Waals surface area contributed by atoms with E-state index in [1.165, 1.54) is 32.1 Å². The maximum absolute atomic E-state index is 13.3. The van der Waals surface area contributed by atoms with Crippen LogP contribution in [0.4, 0.5) is 10.5 Å². The first-order chi connectivity index (χ1) is 13.5. The molecule has 0 spiro atoms. The molecule has 0 heterocycles. The molecule has 0 bridgehead atoms. The second-order valence-electron chi connectivity index (χ2n) is 10.1. The quantitative estimate of drug-likeness (QED) is 0.313. The number of carbonyl (C=O) groups is 1. The van der Waals surface area contributed by atoms with Crippen molar-refractivity contribution in [2.75, 3.05) is 12.0 Å². The van der Waals surface area contributed by atoms with Gasteiger partial charge in [0.1, 0.15) is 0 Å². The van der Waals surface area contributed by atoms with E-state index in [-0.39, 0.29) is 10.2 Å². The molecule has 0 radical (unpaired) electrons. The molecule has 1 atom stereocenters. The van der Waals surface area contributed by atoms with Crippen LogP contribution in [0.5, 0.6) is 5.75 Å². The Balaban J connectivity index is 2.41. The van der Waals surface area contributed by atoms with E-state index in [4.69, 9.17) is 9.47 Å². The van der Waals surface area contributed by atoms with Crippen molar-refractivity contribution < 1.29 is 14.3 Å². The van der Waals surface area contributed by atoms with Gasteiger partial charge in [-0.2, -0.15) is 0 Å². The summed E-state index contributed by atoms with van der Waals surface area (Å²) in [6.07, 6.45) is 10.9. The summed E-state index contributed by atoms with van der Waals surface area (Å²) in [7, 11) is 1.65. The monoisotopic (exact) mass is 509 g/mol. The Morgan fingerprint density at radius 2 is 1.69 bits per heavy atom. The normalized spacial score (nSPS) is 17.2. The molecule has 0 N–H and O–H groups in total. The summed E-state index contributed by atoms with van der Waals surface area (Å²) in [6, 6.07) is 7.74. The molecule has 5 heteroatoms. The summed E-state index contributed by atoms with van der Waals surface area (Å²) in [5.41, 5.74) is 0.331. The van der Waals surface area contributed by atoms with Crippen LogP contribution in [-0.4, -0.2) is 41.2 Å². The molecule has 1 aliphatic carbocycles. The number of hydrogen-bond acceptors (Lipinski definition) is 3. The van der Waals surface area contributed by atoms with E-state index in [1.54, 1.807) is 7.11 Å². The predicted molar refractivity (Wildman–Crippen MR) is 125 cm³/mol. The van der Waals surface area contributed by atoms with Gasteiger partial charge in [0.2, 0.25) is 0 Å². The zero-order valence-corrected chi connectivity index (χ0v) is 22.2. The Hall–Kier alpha value is -1.17. The van der Waals surface area contributed by atoms with Crippen LogP contribution in [0.3, 0.4) is 0 Å². The third-order valence-electron chi connectivity index (χ3n) is 5.32. The Morgan fingerprint density at radius 3 is 2.17 bits per heavy atom. The zero-order valence-electron chi connectivity index (χ0n) is 19.3. The molecule has 2 rings (SSSR count). The number of ether oxygens (including phenoxy) is 2. The number of anilines is 1. The van der Waals surface area contributed by atoms with Gasteiger partial charge in [-0.25, -0.2) is 0 Å². The van der Waals surface area contributed by atoms with Gasteiger partial charge >= 0.3 is 182 Å². The summed E-state index contributed by atoms with van der Waals surface area (Å²) in [5.74, 6) is 1.42. The fourth-order valence-corrected chi connectivity index (χ4v) is 8.69. The summed E-state index contributed by atoms with van der Waals surface area (Å²) in [6.45, 7) is 5.76. The van der Waals surface area contributed by atoms with Gasteiger partial charge in [-0.3, -0.25) is 0 Å². The van der Waals surface area contributed by atoms with Gasteiger partial charge in [0.15, 0.2) is 0 Å². The van der Waals surface area contributed by atoms with Gasteiger partial charge < -0.3 is 0 Å². The third kappa shape index (κ3) is 7.54. The first-order valence-corrected chi connectivity index (χ1v) is 21.1. The standard InChI is InChI=1S/C21H30NO3.3CH3.Sn/c1-21(2,3)25-20(23)22(18-12-14-19(24-4)15-13-18)16-8-11-17-9-6-5-7-10-17;;;;/h8,11-17H,5-7,9-10H2,1-4H3;3*1H3;/b11-8+;;;;. The SMILES string of the molecule is COc1ccc(N(C(=O)OC(C)(C)C)[C@H](/C=C/C2CCCCC2)[Sn]([CH3])([CH3])[CH3])cc1. The molecule has 0 saturated heterocycles. The van der Waals surface area contributed by atoms with Crippen molar-refractivity contribution in [1.29, 1.82) is 0 Å². The zero-order chi connectivity index (χ0) is 21.7. The molecule has 4 nitrogen and oxygen atoms in total. The molecule has 1 aromatic carbocycles. The number of benzene rings is 1. The van der Waals surface area contributed by atoms with Crippen LogP contribution in [-0.2, 0) is 4.74 Å². The van der Waals surface area contributed by atoms with Crippen LogP contribution in [0.15, 0.2) is 36.4 Å². The Bertz CT molecular complexity index is 680. The molecule has 1 fully saturated rings. The number of carbonyl (C=O) groups excluding carboxylic acids is 1. The van der Waals surface area contributed by atoms with E-state index in [9.17, 15) is 4.79 Å². The first-order valence-electron chi connectivity index (χ1n) is 10.9. The third-order valence-corrected chi connectivity index (χ3v) is 11.7. The minimum absolute atomic E-state index is 0.0921. The van der Waals surface area contributed by atoms with Gasteiger partial charge in [-0.15, -0.1) is 0 Å². The van der Waals surface area contributed by atoms with Gasteiger partial charge in [-0.1, -0.05) is 0 Å². The fraction of sp³-hybridized carbons (Fsp3) is 0.625. The van der Waals surface area contributed by atoms with Crippen molar-refractivity contribution in [3.8, 4) is 5.75 Å². The Kier molecular flexibility index (Phi) is 8.50. The van der Waals surface area contributed by atoms with E-state index >= 15 is 0 Å². The van der Waals surface area contributed by atoms with Crippen LogP contribution in [0, 0.1) is 5.92 Å². The number of nitrogens with zero attached hydrogens (tertiary/aromatic N) is 1. The van der Waals surface area contributed by atoms with Crippen molar-refractivity contribution in [3.05, 3.63) is 36.4 Å². The predicted octanol–water partition coefficient (Wildman–Crippen LogP) is 6.82. The van der Waals surface area contributed by atoms with Gasteiger partial charge in [0.05, 0.1) is 0 Å². The number of rotatable bonds is 6. The van der Waals surface area contributed by atoms with Gasteiger partial charge in [-0.05, 0) is 0 Å². The molecule has 29 heavy (non-hydrogen) atoms. The van der Waals surface area contributed by atoms with Crippen molar-refractivity contribution in [1.82, 2.24) is 0 Å². The van der Waals surface area contributed by atoms with Crippen molar-refractivity contribution in [2.24, 2.45) is 5.92 Å². The maximum atomic E-state index is 13.3. The molecule has 162 valence electrons. The second-order valence-corrected chi connectivity index (χ2v) is 25.3. The molecular weight excluding hydrogens is 469 g/mol. The second kappa shape index (κ2) is 10.2. The van der Waals surface area contributed by atoms with E-state index in [2.05, 4.69) is 27.0 Å². The molecule has 0 aromatic heterocycles. The van der Waals surface area contributed by atoms with Crippen LogP contribution >= 0.6 is 0 Å². The minimum atomic E-state index is -2.60. The van der Waals surface area contributed by atoms with Crippen molar-refractivity contribution in [3.63, 3.8) is 0 Å². The molecule has 1 amide bonds. The van der Waals surface area contributed by atoms with Gasteiger partial charge in [0, 0.05) is 0 Å². The average molecular weight is 508 g/mol. The summed E-state index contributed by atoms with van der Waals surface area (Å²) in [4.78, 5) is 22.4. The van der Waals surface area contributed by atoms with Crippen LogP contribution in [0.2, 0.25) is 14.8 Å². The van der Waals surface area contributed by atoms with Crippen LogP contribution in [0.1, 0.15) is 52.9 Å². The Labute approximate surface area is 181 Å². The van der Waals surface area contributed by atoms with E-state index in [1.807, 2.05) is 49.9 Å². The molecule has 1 aliphatic rings. The number of amides is 1. The van der Waals surface area contributed by atoms with Crippen molar-refractivity contribution >= 4 is 30.2 Å². The average Bonchev–Trinajstić information content (AvgIpc) is 2.63. The molecule has 1 aromatic rings. The van der Waals surface area contributed by atoms with Crippen LogP contribution in [0.25, 0.3) is 0 Å². The topological polar surface area (TPSA) is 38.8 Å². The molecule has 0 unspecified atom stereocenters. The summed E-state index contributed by atoms with van der Waals surface area (Å²) in [5, 5.41) is 0. The molecular formula is C24H39NO3Sn. The first kappa shape index (κ1) is 24.1. The van der Waals surface area contributed by atoms with E-state index < -0.39 is 24.0 Å². The Morgan fingerprint density at radius 1 is 1.10 bits per heavy atom. The number of allylic oxidation sites excluding steroid dienone is 1. The van der Waals surface area contributed by atoms with E-state index in [0.29, 0.717) is 5.92 Å². The van der Waals surface area contributed by atoms with Crippen molar-refractivity contribution in [2.45, 2.75) is 77.4 Å². The summed E-state index contributed by atoms with van der Waals surface area (Å²) < 4.78 is 11.2. The summed E-state index contributed by atoms with van der Waals surface area (Å²) >= 11 is -2.60. The molecule has 1 saturated carbocycles. The fourth-order valence-electron chi connectivity index (χ4n) is 3.78. The number of hydrogen-bond donors (Lipinski definition) is 0. The van der Waals surface area contributed by atoms with Gasteiger partial charge in [0.25, 0.3) is 0 Å². The molecule has 0 aliphatic heterocycles.